The van der Waals surface area contributed by atoms with Gasteiger partial charge >= 0.3 is 11.6 Å². The number of hydrogen-bond donors (Lipinski definition) is 2. The summed E-state index contributed by atoms with van der Waals surface area (Å²) < 4.78 is 43.9. The number of methoxy groups -OCH3 is 1. The number of nitrogens with one attached hydrogen (secondary N) is 1. The average molecular weight is 581 g/mol. The van der Waals surface area contributed by atoms with Gasteiger partial charge in [-0.25, -0.2) is 13.6 Å². The van der Waals surface area contributed by atoms with Gasteiger partial charge in [0.2, 0.25) is 0 Å². The summed E-state index contributed by atoms with van der Waals surface area (Å²) in [6.45, 7) is 6.70. The number of phenols is 1. The standard InChI is InChI=1S/C24H22FN3O5.C7H12FN/c1-11-9-32-10-17(11)26-22-19-20(27-24(28-22)31-3)12(2)21(33-23(19)30)15-8-14(29)7-13-5-4-6-16(25)18(13)15;8-6-4-7-2-1-3-9(7)5-6/h4-8,11,17,29H,9-10H2,1-3H3,(H,26,27,28);6-7H,1-5H2. The van der Waals surface area contributed by atoms with Crippen molar-refractivity contribution >= 4 is 27.5 Å². The van der Waals surface area contributed by atoms with Gasteiger partial charge in [-0.15, -0.1) is 0 Å². The van der Waals surface area contributed by atoms with E-state index < -0.39 is 17.6 Å². The van der Waals surface area contributed by atoms with Crippen LogP contribution in [0.2, 0.25) is 0 Å². The summed E-state index contributed by atoms with van der Waals surface area (Å²) in [6.07, 6.45) is 2.81. The molecule has 4 atom stereocenters. The van der Waals surface area contributed by atoms with Crippen LogP contribution >= 0.6 is 0 Å². The van der Waals surface area contributed by atoms with Crippen LogP contribution in [-0.2, 0) is 4.74 Å². The fourth-order valence-electron chi connectivity index (χ4n) is 6.28. The number of alkyl halides is 1. The zero-order valence-corrected chi connectivity index (χ0v) is 23.8. The predicted octanol–water partition coefficient (Wildman–Crippen LogP) is 5.20. The molecule has 2 aromatic carbocycles. The lowest BCUT2D eigenvalue weighted by Crippen LogP contribution is -2.27. The van der Waals surface area contributed by atoms with Gasteiger partial charge in [-0.2, -0.15) is 9.97 Å². The molecule has 3 saturated heterocycles. The molecule has 0 aliphatic carbocycles. The van der Waals surface area contributed by atoms with E-state index in [9.17, 15) is 18.7 Å². The van der Waals surface area contributed by atoms with E-state index in [1.165, 1.54) is 38.2 Å². The van der Waals surface area contributed by atoms with Crippen molar-refractivity contribution in [2.75, 3.05) is 38.7 Å². The second-order valence-electron chi connectivity index (χ2n) is 11.3. The van der Waals surface area contributed by atoms with Crippen LogP contribution in [0.25, 0.3) is 33.0 Å². The maximum absolute atomic E-state index is 14.8. The van der Waals surface area contributed by atoms with Gasteiger partial charge in [-0.1, -0.05) is 19.1 Å². The molecular formula is C31H34F2N4O5. The van der Waals surface area contributed by atoms with Gasteiger partial charge in [0.25, 0.3) is 0 Å². The number of halogens is 2. The Hall–Kier alpha value is -3.83. The van der Waals surface area contributed by atoms with E-state index in [0.29, 0.717) is 42.3 Å². The third kappa shape index (κ3) is 5.27. The molecule has 42 heavy (non-hydrogen) atoms. The predicted molar refractivity (Wildman–Crippen MR) is 155 cm³/mol. The number of aromatic hydroxyl groups is 1. The van der Waals surface area contributed by atoms with Gasteiger partial charge in [0, 0.05) is 35.0 Å². The largest absolute Gasteiger partial charge is 0.508 e. The molecule has 5 heterocycles. The first kappa shape index (κ1) is 28.3. The van der Waals surface area contributed by atoms with Crippen molar-refractivity contribution < 1.29 is 27.8 Å². The Kier molecular flexibility index (Phi) is 7.71. The van der Waals surface area contributed by atoms with Crippen molar-refractivity contribution in [3.05, 3.63) is 52.1 Å². The first-order valence-electron chi connectivity index (χ1n) is 14.3. The molecule has 11 heteroatoms. The smallest absolute Gasteiger partial charge is 0.349 e. The highest BCUT2D eigenvalue weighted by atomic mass is 19.1. The van der Waals surface area contributed by atoms with Gasteiger partial charge < -0.3 is 24.3 Å². The molecule has 3 aliphatic rings. The molecule has 9 nitrogen and oxygen atoms in total. The maximum Gasteiger partial charge on any atom is 0.349 e. The van der Waals surface area contributed by atoms with Crippen LogP contribution in [0.5, 0.6) is 11.8 Å². The molecule has 0 spiro atoms. The summed E-state index contributed by atoms with van der Waals surface area (Å²) in [5.41, 5.74) is 0.369. The minimum Gasteiger partial charge on any atom is -0.508 e. The minimum absolute atomic E-state index is 0.0451. The summed E-state index contributed by atoms with van der Waals surface area (Å²) in [4.78, 5) is 24.2. The molecule has 2 N–H and O–H groups in total. The number of hydrogen-bond acceptors (Lipinski definition) is 9. The lowest BCUT2D eigenvalue weighted by atomic mass is 9.98. The van der Waals surface area contributed by atoms with Crippen molar-refractivity contribution in [3.8, 4) is 23.1 Å². The highest BCUT2D eigenvalue weighted by molar-refractivity contribution is 6.00. The fourth-order valence-corrected chi connectivity index (χ4v) is 6.28. The number of anilines is 1. The average Bonchev–Trinajstić information content (AvgIpc) is 3.67. The van der Waals surface area contributed by atoms with Crippen molar-refractivity contribution in [1.29, 1.82) is 0 Å². The van der Waals surface area contributed by atoms with Crippen LogP contribution in [0.4, 0.5) is 14.6 Å². The Labute approximate surface area is 241 Å². The third-order valence-electron chi connectivity index (χ3n) is 8.47. The van der Waals surface area contributed by atoms with E-state index in [2.05, 4.69) is 20.2 Å². The van der Waals surface area contributed by atoms with E-state index in [1.807, 2.05) is 6.92 Å². The van der Waals surface area contributed by atoms with Gasteiger partial charge in [0.05, 0.1) is 31.9 Å². The highest BCUT2D eigenvalue weighted by Crippen LogP contribution is 2.38. The van der Waals surface area contributed by atoms with Gasteiger partial charge in [0.1, 0.15) is 34.7 Å². The number of aromatic nitrogens is 2. The third-order valence-corrected chi connectivity index (χ3v) is 8.47. The zero-order valence-electron chi connectivity index (χ0n) is 23.8. The van der Waals surface area contributed by atoms with E-state index in [4.69, 9.17) is 13.9 Å². The Morgan fingerprint density at radius 2 is 2.02 bits per heavy atom. The number of phenolic OH excluding ortho intramolecular Hbond substituents is 1. The van der Waals surface area contributed by atoms with Crippen LogP contribution in [0.15, 0.2) is 39.5 Å². The lowest BCUT2D eigenvalue weighted by molar-refractivity contribution is 0.187. The number of fused-ring (bicyclic) bond motifs is 3. The van der Waals surface area contributed by atoms with Crippen molar-refractivity contribution in [2.45, 2.75) is 51.4 Å². The molecule has 4 aromatic rings. The zero-order chi connectivity index (χ0) is 29.5. The second-order valence-corrected chi connectivity index (χ2v) is 11.3. The summed E-state index contributed by atoms with van der Waals surface area (Å²) in [7, 11) is 1.44. The topological polar surface area (TPSA) is 110 Å². The molecular weight excluding hydrogens is 546 g/mol. The minimum atomic E-state index is -0.685. The molecule has 222 valence electrons. The van der Waals surface area contributed by atoms with Gasteiger partial charge in [-0.3, -0.25) is 4.90 Å². The lowest BCUT2D eigenvalue weighted by Gasteiger charge is -2.18. The molecule has 7 rings (SSSR count). The van der Waals surface area contributed by atoms with Crippen molar-refractivity contribution in [3.63, 3.8) is 0 Å². The maximum atomic E-state index is 14.8. The normalized spacial score (nSPS) is 23.6. The number of ether oxygens (including phenoxy) is 2. The number of nitrogens with zero attached hydrogens (tertiary/aromatic N) is 3. The molecule has 0 bridgehead atoms. The van der Waals surface area contributed by atoms with Gasteiger partial charge in [-0.05, 0) is 56.3 Å². The first-order chi connectivity index (χ1) is 20.2. The number of rotatable bonds is 4. The molecule has 3 aliphatic heterocycles. The Bertz CT molecular complexity index is 1680. The summed E-state index contributed by atoms with van der Waals surface area (Å²) in [5.74, 6) is 0.0398. The fraction of sp³-hybridized carbons (Fsp3) is 0.452. The summed E-state index contributed by atoms with van der Waals surface area (Å²) in [6, 6.07) is 8.00. The summed E-state index contributed by atoms with van der Waals surface area (Å²) in [5, 5.41) is 14.4. The van der Waals surface area contributed by atoms with Crippen LogP contribution in [-0.4, -0.2) is 71.6 Å². The quantitative estimate of drug-likeness (QED) is 0.336. The summed E-state index contributed by atoms with van der Waals surface area (Å²) >= 11 is 0. The molecule has 0 amide bonds. The highest BCUT2D eigenvalue weighted by Gasteiger charge is 2.34. The second kappa shape index (κ2) is 11.4. The molecule has 0 saturated carbocycles. The number of aryl methyl sites for hydroxylation is 1. The van der Waals surface area contributed by atoms with Crippen LogP contribution in [0, 0.1) is 18.7 Å². The monoisotopic (exact) mass is 580 g/mol. The van der Waals surface area contributed by atoms with Crippen molar-refractivity contribution in [1.82, 2.24) is 14.9 Å². The van der Waals surface area contributed by atoms with E-state index in [-0.39, 0.29) is 51.6 Å². The van der Waals surface area contributed by atoms with Crippen LogP contribution < -0.4 is 15.7 Å². The van der Waals surface area contributed by atoms with Gasteiger partial charge in [0.15, 0.2) is 0 Å². The Morgan fingerprint density at radius 1 is 1.19 bits per heavy atom. The Morgan fingerprint density at radius 3 is 2.76 bits per heavy atom. The van der Waals surface area contributed by atoms with E-state index in [1.54, 1.807) is 19.1 Å². The molecule has 2 aromatic heterocycles. The van der Waals surface area contributed by atoms with E-state index >= 15 is 0 Å². The molecule has 0 radical (unpaired) electrons. The molecule has 4 unspecified atom stereocenters. The van der Waals surface area contributed by atoms with Crippen LogP contribution in [0.3, 0.4) is 0 Å². The number of benzene rings is 2. The van der Waals surface area contributed by atoms with Crippen molar-refractivity contribution in [2.24, 2.45) is 5.92 Å². The van der Waals surface area contributed by atoms with Crippen LogP contribution in [0.1, 0.15) is 31.7 Å². The van der Waals surface area contributed by atoms with E-state index in [0.717, 1.165) is 13.0 Å². The SMILES string of the molecule is COc1nc(NC2COCC2C)c2c(=O)oc(-c3cc(O)cc4cccc(F)c34)c(C)c2n1.FC1CC2CCCN2C1. The molecule has 3 fully saturated rings. The first-order valence-corrected chi connectivity index (χ1v) is 14.3. The Balaban J connectivity index is 0.000000296.